The van der Waals surface area contributed by atoms with Crippen LogP contribution in [0.3, 0.4) is 0 Å². The Morgan fingerprint density at radius 3 is 2.83 bits per heavy atom. The highest BCUT2D eigenvalue weighted by molar-refractivity contribution is 5.92. The number of nitrogens with one attached hydrogen (secondary N) is 2. The zero-order valence-corrected chi connectivity index (χ0v) is 13.5. The van der Waals surface area contributed by atoms with E-state index in [1.807, 2.05) is 11.9 Å². The molecule has 1 aliphatic rings. The number of hydrogen-bond acceptors (Lipinski definition) is 6. The number of carbonyl (C=O) groups is 2. The number of piperidine rings is 1. The third-order valence-electron chi connectivity index (χ3n) is 4.02. The van der Waals surface area contributed by atoms with Crippen LogP contribution in [0.4, 0.5) is 5.95 Å². The Balaban J connectivity index is 1.99. The minimum absolute atomic E-state index is 0.0576. The van der Waals surface area contributed by atoms with Crippen molar-refractivity contribution in [1.82, 2.24) is 25.3 Å². The van der Waals surface area contributed by atoms with Crippen LogP contribution in [0.5, 0.6) is 0 Å². The second-order valence-electron chi connectivity index (χ2n) is 5.69. The van der Waals surface area contributed by atoms with Crippen molar-refractivity contribution in [2.24, 2.45) is 7.05 Å². The maximum absolute atomic E-state index is 12.2. The van der Waals surface area contributed by atoms with Gasteiger partial charge >= 0.3 is 5.95 Å². The standard InChI is InChI=1S/C13H20N8O2/c1-9(22)21(11-5-4-10(6-14)19(2)7-11)8-12(23)15-13-16-17-18-20(13)3/h10-11H,4-5,7-8H2,1-3H3,(H,15,16,18,23)/p+1/t10-,11?/m0/s1. The lowest BCUT2D eigenvalue weighted by Crippen LogP contribution is -2.53. The first kappa shape index (κ1) is 16.8. The SMILES string of the molecule is CC(=O)N(CC(=O)Nc1nn[nH][n+]1C)C1CC[C@@H](C#N)N(C)C1. The number of likely N-dealkylation sites (N-methyl/N-ethyl adjacent to an activating group) is 1. The molecule has 1 unspecified atom stereocenters. The van der Waals surface area contributed by atoms with E-state index in [0.29, 0.717) is 19.4 Å². The van der Waals surface area contributed by atoms with Crippen molar-refractivity contribution in [3.63, 3.8) is 0 Å². The molecule has 2 rings (SSSR count). The Morgan fingerprint density at radius 1 is 1.57 bits per heavy atom. The van der Waals surface area contributed by atoms with Crippen LogP contribution in [0.2, 0.25) is 0 Å². The van der Waals surface area contributed by atoms with Gasteiger partial charge < -0.3 is 4.90 Å². The molecule has 0 spiro atoms. The van der Waals surface area contributed by atoms with Crippen LogP contribution in [-0.4, -0.2) is 69.4 Å². The first-order chi connectivity index (χ1) is 10.9. The summed E-state index contributed by atoms with van der Waals surface area (Å²) in [6.07, 6.45) is 1.38. The van der Waals surface area contributed by atoms with Crippen molar-refractivity contribution in [3.8, 4) is 6.07 Å². The topological polar surface area (TPSA) is 122 Å². The van der Waals surface area contributed by atoms with Crippen molar-refractivity contribution in [2.45, 2.75) is 31.8 Å². The largest absolute Gasteiger partial charge is 0.406 e. The van der Waals surface area contributed by atoms with Gasteiger partial charge in [-0.05, 0) is 19.9 Å². The molecule has 0 bridgehead atoms. The van der Waals surface area contributed by atoms with E-state index in [2.05, 4.69) is 26.9 Å². The molecule has 0 aromatic carbocycles. The maximum Gasteiger partial charge on any atom is 0.406 e. The predicted molar refractivity (Wildman–Crippen MR) is 78.6 cm³/mol. The van der Waals surface area contributed by atoms with E-state index >= 15 is 0 Å². The fraction of sp³-hybridized carbons (Fsp3) is 0.692. The molecule has 1 aromatic rings. The Hall–Kier alpha value is -2.54. The summed E-state index contributed by atoms with van der Waals surface area (Å²) >= 11 is 0. The first-order valence-electron chi connectivity index (χ1n) is 7.36. The molecule has 1 saturated heterocycles. The number of likely N-dealkylation sites (tertiary alicyclic amines) is 1. The highest BCUT2D eigenvalue weighted by atomic mass is 16.2. The summed E-state index contributed by atoms with van der Waals surface area (Å²) in [5.41, 5.74) is 0. The van der Waals surface area contributed by atoms with Gasteiger partial charge in [0.1, 0.15) is 11.8 Å². The molecule has 1 aromatic heterocycles. The summed E-state index contributed by atoms with van der Waals surface area (Å²) < 4.78 is 1.46. The number of nitrogens with zero attached hydrogens (tertiary/aromatic N) is 6. The Labute approximate surface area is 134 Å². The number of anilines is 1. The minimum atomic E-state index is -0.338. The van der Waals surface area contributed by atoms with E-state index in [4.69, 9.17) is 5.26 Å². The lowest BCUT2D eigenvalue weighted by molar-refractivity contribution is -0.717. The van der Waals surface area contributed by atoms with E-state index in [9.17, 15) is 9.59 Å². The van der Waals surface area contributed by atoms with Crippen LogP contribution in [0, 0.1) is 11.3 Å². The number of tetrazole rings is 1. The average molecular weight is 321 g/mol. The first-order valence-corrected chi connectivity index (χ1v) is 7.36. The molecule has 23 heavy (non-hydrogen) atoms. The molecule has 124 valence electrons. The third-order valence-corrected chi connectivity index (χ3v) is 4.02. The zero-order valence-electron chi connectivity index (χ0n) is 13.5. The molecule has 1 aliphatic heterocycles. The second kappa shape index (κ2) is 7.15. The number of aromatic amines is 1. The van der Waals surface area contributed by atoms with Gasteiger partial charge in [-0.2, -0.15) is 9.94 Å². The van der Waals surface area contributed by atoms with Gasteiger partial charge in [0.05, 0.1) is 24.3 Å². The van der Waals surface area contributed by atoms with E-state index in [-0.39, 0.29) is 36.4 Å². The third kappa shape index (κ3) is 4.01. The number of amides is 2. The van der Waals surface area contributed by atoms with Gasteiger partial charge in [0.2, 0.25) is 5.91 Å². The number of hydrogen-bond donors (Lipinski definition) is 2. The fourth-order valence-corrected chi connectivity index (χ4v) is 2.72. The van der Waals surface area contributed by atoms with Gasteiger partial charge in [0.15, 0.2) is 0 Å². The smallest absolute Gasteiger partial charge is 0.328 e. The number of nitriles is 1. The van der Waals surface area contributed by atoms with Crippen molar-refractivity contribution in [1.29, 1.82) is 5.26 Å². The van der Waals surface area contributed by atoms with Gasteiger partial charge in [-0.15, -0.1) is 5.21 Å². The fourth-order valence-electron chi connectivity index (χ4n) is 2.72. The van der Waals surface area contributed by atoms with Crippen LogP contribution in [0.15, 0.2) is 0 Å². The molecule has 0 radical (unpaired) electrons. The normalized spacial score (nSPS) is 21.5. The minimum Gasteiger partial charge on any atom is -0.328 e. The molecule has 0 saturated carbocycles. The van der Waals surface area contributed by atoms with Crippen LogP contribution in [0.1, 0.15) is 19.8 Å². The number of carbonyl (C=O) groups excluding carboxylic acids is 2. The van der Waals surface area contributed by atoms with Crippen LogP contribution >= 0.6 is 0 Å². The monoisotopic (exact) mass is 321 g/mol. The maximum atomic E-state index is 12.2. The molecule has 0 aliphatic carbocycles. The van der Waals surface area contributed by atoms with E-state index in [0.717, 1.165) is 0 Å². The quantitative estimate of drug-likeness (QED) is 0.644. The van der Waals surface area contributed by atoms with Crippen molar-refractivity contribution in [2.75, 3.05) is 25.5 Å². The van der Waals surface area contributed by atoms with Crippen molar-refractivity contribution < 1.29 is 14.3 Å². The molecule has 10 nitrogen and oxygen atoms in total. The highest BCUT2D eigenvalue weighted by Crippen LogP contribution is 2.19. The molecular weight excluding hydrogens is 300 g/mol. The van der Waals surface area contributed by atoms with Gasteiger partial charge in [0.25, 0.3) is 5.91 Å². The second-order valence-corrected chi connectivity index (χ2v) is 5.69. The molecular formula is C13H21N8O2+. The number of aromatic nitrogens is 4. The van der Waals surface area contributed by atoms with Crippen LogP contribution in [-0.2, 0) is 16.6 Å². The summed E-state index contributed by atoms with van der Waals surface area (Å²) in [5, 5.41) is 21.5. The lowest BCUT2D eigenvalue weighted by Gasteiger charge is -2.39. The van der Waals surface area contributed by atoms with Gasteiger partial charge in [-0.1, -0.05) is 0 Å². The van der Waals surface area contributed by atoms with Gasteiger partial charge in [0, 0.05) is 19.5 Å². The summed E-state index contributed by atoms with van der Waals surface area (Å²) in [6.45, 7) is 1.96. The van der Waals surface area contributed by atoms with Crippen LogP contribution < -0.4 is 10.00 Å². The lowest BCUT2D eigenvalue weighted by atomic mass is 9.98. The molecule has 2 heterocycles. The zero-order chi connectivity index (χ0) is 17.0. The summed E-state index contributed by atoms with van der Waals surface area (Å²) in [4.78, 5) is 27.5. The number of aryl methyl sites for hydroxylation is 1. The summed E-state index contributed by atoms with van der Waals surface area (Å²) in [6, 6.07) is 2.02. The molecule has 2 N–H and O–H groups in total. The summed E-state index contributed by atoms with van der Waals surface area (Å²) in [5.74, 6) is -0.225. The van der Waals surface area contributed by atoms with E-state index in [1.165, 1.54) is 11.6 Å². The highest BCUT2D eigenvalue weighted by Gasteiger charge is 2.32. The van der Waals surface area contributed by atoms with Crippen LogP contribution in [0.25, 0.3) is 0 Å². The van der Waals surface area contributed by atoms with Gasteiger partial charge in [-0.25, -0.2) is 5.32 Å². The van der Waals surface area contributed by atoms with Crippen molar-refractivity contribution >= 4 is 17.8 Å². The Bertz CT molecular complexity index is 622. The Morgan fingerprint density at radius 2 is 2.30 bits per heavy atom. The molecule has 2 amide bonds. The number of H-pyrrole nitrogens is 1. The Kier molecular flexibility index (Phi) is 5.23. The molecule has 2 atom stereocenters. The van der Waals surface area contributed by atoms with Gasteiger partial charge in [-0.3, -0.25) is 14.5 Å². The average Bonchev–Trinajstić information content (AvgIpc) is 2.89. The molecule has 1 fully saturated rings. The van der Waals surface area contributed by atoms with E-state index in [1.54, 1.807) is 11.9 Å². The predicted octanol–water partition coefficient (Wildman–Crippen LogP) is -1.60. The summed E-state index contributed by atoms with van der Waals surface area (Å²) in [7, 11) is 3.52. The van der Waals surface area contributed by atoms with Crippen molar-refractivity contribution in [3.05, 3.63) is 0 Å². The number of rotatable bonds is 4. The van der Waals surface area contributed by atoms with E-state index < -0.39 is 0 Å². The molecule has 10 heteroatoms.